The summed E-state index contributed by atoms with van der Waals surface area (Å²) in [6.07, 6.45) is 0. The van der Waals surface area contributed by atoms with Gasteiger partial charge in [-0.2, -0.15) is 0 Å². The first-order chi connectivity index (χ1) is 8.08. The molecule has 88 valence electrons. The van der Waals surface area contributed by atoms with Gasteiger partial charge in [0.15, 0.2) is 5.75 Å². The van der Waals surface area contributed by atoms with Crippen LogP contribution in [0.2, 0.25) is 15.1 Å². The summed E-state index contributed by atoms with van der Waals surface area (Å²) in [7, 11) is 0. The van der Waals surface area contributed by atoms with Gasteiger partial charge in [-0.3, -0.25) is 0 Å². The first-order valence-electron chi connectivity index (χ1n) is 4.68. The van der Waals surface area contributed by atoms with Crippen molar-refractivity contribution in [3.63, 3.8) is 0 Å². The molecule has 0 heterocycles. The molecule has 17 heavy (non-hydrogen) atoms. The number of phenols is 1. The number of hydrogen-bond donors (Lipinski definition) is 1. The van der Waals surface area contributed by atoms with Crippen molar-refractivity contribution in [3.05, 3.63) is 51.5 Å². The predicted octanol–water partition coefficient (Wildman–Crippen LogP) is 5.14. The Morgan fingerprint density at radius 1 is 0.882 bits per heavy atom. The normalized spacial score (nSPS) is 10.3. The fourth-order valence-electron chi connectivity index (χ4n) is 1.23. The Kier molecular flexibility index (Phi) is 3.67. The van der Waals surface area contributed by atoms with Gasteiger partial charge in [0.25, 0.3) is 0 Å². The Hall–Kier alpha value is -1.09. The van der Waals surface area contributed by atoms with Crippen LogP contribution in [0.1, 0.15) is 0 Å². The van der Waals surface area contributed by atoms with Crippen LogP contribution in [0.25, 0.3) is 0 Å². The number of ether oxygens (including phenoxy) is 1. The molecule has 0 atom stereocenters. The van der Waals surface area contributed by atoms with Gasteiger partial charge >= 0.3 is 0 Å². The van der Waals surface area contributed by atoms with Crippen molar-refractivity contribution in [3.8, 4) is 17.2 Å². The zero-order valence-electron chi connectivity index (χ0n) is 8.45. The summed E-state index contributed by atoms with van der Waals surface area (Å²) in [5.74, 6) is 0.703. The van der Waals surface area contributed by atoms with Gasteiger partial charge in [0, 0.05) is 5.02 Å². The average molecular weight is 290 g/mol. The highest BCUT2D eigenvalue weighted by Crippen LogP contribution is 2.40. The highest BCUT2D eigenvalue weighted by atomic mass is 35.5. The van der Waals surface area contributed by atoms with Crippen LogP contribution in [-0.2, 0) is 0 Å². The van der Waals surface area contributed by atoms with Crippen LogP contribution >= 0.6 is 34.8 Å². The minimum Gasteiger partial charge on any atom is -0.505 e. The Balaban J connectivity index is 2.30. The molecule has 2 rings (SSSR count). The van der Waals surface area contributed by atoms with Crippen molar-refractivity contribution < 1.29 is 9.84 Å². The summed E-state index contributed by atoms with van der Waals surface area (Å²) in [6.45, 7) is 0. The molecule has 0 bridgehead atoms. The zero-order chi connectivity index (χ0) is 12.4. The molecule has 0 unspecified atom stereocenters. The summed E-state index contributed by atoms with van der Waals surface area (Å²) in [5.41, 5.74) is 0. The molecule has 0 aliphatic rings. The van der Waals surface area contributed by atoms with Gasteiger partial charge in [-0.25, -0.2) is 0 Å². The first kappa shape index (κ1) is 12.4. The lowest BCUT2D eigenvalue weighted by atomic mass is 10.3. The van der Waals surface area contributed by atoms with Crippen LogP contribution in [0.3, 0.4) is 0 Å². The van der Waals surface area contributed by atoms with Crippen LogP contribution in [0.4, 0.5) is 0 Å². The number of benzene rings is 2. The minimum absolute atomic E-state index is 0.0763. The molecule has 0 fully saturated rings. The van der Waals surface area contributed by atoms with E-state index in [9.17, 15) is 5.11 Å². The van der Waals surface area contributed by atoms with Crippen molar-refractivity contribution in [2.24, 2.45) is 0 Å². The van der Waals surface area contributed by atoms with Crippen molar-refractivity contribution in [1.29, 1.82) is 0 Å². The molecular formula is C12H7Cl3O2. The second kappa shape index (κ2) is 5.05. The quantitative estimate of drug-likeness (QED) is 0.829. The smallest absolute Gasteiger partial charge is 0.156 e. The van der Waals surface area contributed by atoms with E-state index in [1.54, 1.807) is 30.3 Å². The summed E-state index contributed by atoms with van der Waals surface area (Å²) < 4.78 is 5.49. The Morgan fingerprint density at radius 2 is 1.53 bits per heavy atom. The maximum atomic E-state index is 9.54. The van der Waals surface area contributed by atoms with E-state index in [4.69, 9.17) is 39.5 Å². The van der Waals surface area contributed by atoms with Gasteiger partial charge in [0.2, 0.25) is 0 Å². The fourth-order valence-corrected chi connectivity index (χ4v) is 1.77. The fraction of sp³-hybridized carbons (Fsp3) is 0. The number of hydrogen-bond acceptors (Lipinski definition) is 2. The largest absolute Gasteiger partial charge is 0.505 e. The molecule has 0 aromatic heterocycles. The number of halogens is 3. The molecule has 0 radical (unpaired) electrons. The van der Waals surface area contributed by atoms with E-state index in [1.807, 2.05) is 0 Å². The minimum atomic E-state index is -0.195. The standard InChI is InChI=1S/C12H7Cl3O2/c13-7-1-3-8(4-2-7)17-10-6-5-9(14)12(16)11(10)15/h1-6,16H. The number of aromatic hydroxyl groups is 1. The van der Waals surface area contributed by atoms with E-state index in [1.165, 1.54) is 6.07 Å². The second-order valence-corrected chi connectivity index (χ2v) is 4.49. The van der Waals surface area contributed by atoms with E-state index in [-0.39, 0.29) is 15.8 Å². The molecule has 2 nitrogen and oxygen atoms in total. The molecule has 0 spiro atoms. The van der Waals surface area contributed by atoms with Gasteiger partial charge < -0.3 is 9.84 Å². The summed E-state index contributed by atoms with van der Waals surface area (Å²) in [4.78, 5) is 0. The lowest BCUT2D eigenvalue weighted by molar-refractivity contribution is 0.456. The Morgan fingerprint density at radius 3 is 2.18 bits per heavy atom. The Labute approximate surface area is 113 Å². The predicted molar refractivity (Wildman–Crippen MR) is 69.7 cm³/mol. The third-order valence-electron chi connectivity index (χ3n) is 2.07. The van der Waals surface area contributed by atoms with E-state index in [2.05, 4.69) is 0 Å². The second-order valence-electron chi connectivity index (χ2n) is 3.26. The van der Waals surface area contributed by atoms with Crippen LogP contribution < -0.4 is 4.74 Å². The van der Waals surface area contributed by atoms with Crippen LogP contribution in [0, 0.1) is 0 Å². The molecule has 0 amide bonds. The summed E-state index contributed by atoms with van der Waals surface area (Å²) >= 11 is 17.3. The van der Waals surface area contributed by atoms with Gasteiger partial charge in [0.05, 0.1) is 5.02 Å². The molecule has 2 aromatic rings. The molecule has 5 heteroatoms. The first-order valence-corrected chi connectivity index (χ1v) is 5.81. The van der Waals surface area contributed by atoms with Crippen molar-refractivity contribution >= 4 is 34.8 Å². The third-order valence-corrected chi connectivity index (χ3v) is 3.00. The topological polar surface area (TPSA) is 29.5 Å². The van der Waals surface area contributed by atoms with Crippen LogP contribution in [0.15, 0.2) is 36.4 Å². The lowest BCUT2D eigenvalue weighted by Crippen LogP contribution is -1.85. The number of rotatable bonds is 2. The Bertz CT molecular complexity index is 538. The van der Waals surface area contributed by atoms with Gasteiger partial charge in [0.1, 0.15) is 16.5 Å². The highest BCUT2D eigenvalue weighted by Gasteiger charge is 2.11. The molecular weight excluding hydrogens is 282 g/mol. The molecule has 2 aromatic carbocycles. The van der Waals surface area contributed by atoms with E-state index >= 15 is 0 Å². The van der Waals surface area contributed by atoms with E-state index < -0.39 is 0 Å². The molecule has 0 saturated carbocycles. The van der Waals surface area contributed by atoms with Crippen molar-refractivity contribution in [1.82, 2.24) is 0 Å². The molecule has 0 aliphatic carbocycles. The SMILES string of the molecule is Oc1c(Cl)ccc(Oc2ccc(Cl)cc2)c1Cl. The van der Waals surface area contributed by atoms with Crippen LogP contribution in [-0.4, -0.2) is 5.11 Å². The van der Waals surface area contributed by atoms with Gasteiger partial charge in [-0.1, -0.05) is 34.8 Å². The maximum absolute atomic E-state index is 9.54. The number of phenolic OH excluding ortho intramolecular Hbond substituents is 1. The van der Waals surface area contributed by atoms with Gasteiger partial charge in [-0.15, -0.1) is 0 Å². The highest BCUT2D eigenvalue weighted by molar-refractivity contribution is 6.38. The van der Waals surface area contributed by atoms with E-state index in [0.717, 1.165) is 0 Å². The molecule has 0 saturated heterocycles. The molecule has 0 aliphatic heterocycles. The maximum Gasteiger partial charge on any atom is 0.156 e. The lowest BCUT2D eigenvalue weighted by Gasteiger charge is -2.09. The molecule has 1 N–H and O–H groups in total. The summed E-state index contributed by atoms with van der Waals surface area (Å²) in [5, 5.41) is 10.4. The van der Waals surface area contributed by atoms with Crippen molar-refractivity contribution in [2.75, 3.05) is 0 Å². The van der Waals surface area contributed by atoms with Gasteiger partial charge in [-0.05, 0) is 36.4 Å². The van der Waals surface area contributed by atoms with E-state index in [0.29, 0.717) is 16.5 Å². The average Bonchev–Trinajstić information content (AvgIpc) is 2.33. The summed E-state index contributed by atoms with van der Waals surface area (Å²) in [6, 6.07) is 9.88. The monoisotopic (exact) mass is 288 g/mol. The van der Waals surface area contributed by atoms with Crippen LogP contribution in [0.5, 0.6) is 17.2 Å². The van der Waals surface area contributed by atoms with Crippen molar-refractivity contribution in [2.45, 2.75) is 0 Å². The third kappa shape index (κ3) is 2.78. The zero-order valence-corrected chi connectivity index (χ0v) is 10.7.